The Morgan fingerprint density at radius 2 is 2.05 bits per heavy atom. The number of hydrogen-bond acceptors (Lipinski definition) is 4. The van der Waals surface area contributed by atoms with E-state index in [4.69, 9.17) is 22.3 Å². The van der Waals surface area contributed by atoms with Gasteiger partial charge >= 0.3 is 0 Å². The van der Waals surface area contributed by atoms with E-state index in [9.17, 15) is 17.4 Å². The number of hydrogen-bond donors (Lipinski definition) is 1. The Morgan fingerprint density at radius 1 is 1.40 bits per heavy atom. The van der Waals surface area contributed by atoms with E-state index in [2.05, 4.69) is 5.32 Å². The molecule has 0 aliphatic rings. The van der Waals surface area contributed by atoms with E-state index in [1.54, 1.807) is 6.92 Å². The van der Waals surface area contributed by atoms with E-state index in [1.165, 1.54) is 12.1 Å². The van der Waals surface area contributed by atoms with Gasteiger partial charge < -0.3 is 5.32 Å². The molecule has 5 nitrogen and oxygen atoms in total. The molecule has 1 amide bonds. The first-order chi connectivity index (χ1) is 9.25. The van der Waals surface area contributed by atoms with Gasteiger partial charge in [0.05, 0.1) is 15.5 Å². The SMILES string of the molecule is CCS(=O)CCNC(=O)c1cc(S(=O)(=O)Cl)ccc1Cl. The molecule has 0 aromatic heterocycles. The van der Waals surface area contributed by atoms with Gasteiger partial charge in [0.2, 0.25) is 0 Å². The Kier molecular flexibility index (Phi) is 6.44. The first-order valence-corrected chi connectivity index (χ1v) is 9.80. The number of amides is 1. The molecule has 0 bridgehead atoms. The van der Waals surface area contributed by atoms with Crippen LogP contribution in [0.15, 0.2) is 23.1 Å². The van der Waals surface area contributed by atoms with Gasteiger partial charge in [0.15, 0.2) is 0 Å². The van der Waals surface area contributed by atoms with Gasteiger partial charge in [-0.3, -0.25) is 9.00 Å². The zero-order valence-electron chi connectivity index (χ0n) is 10.6. The molecule has 0 saturated carbocycles. The fourth-order valence-corrected chi connectivity index (χ4v) is 2.95. The summed E-state index contributed by atoms with van der Waals surface area (Å²) in [6, 6.07) is 3.61. The zero-order valence-corrected chi connectivity index (χ0v) is 13.7. The molecular formula is C11H13Cl2NO4S2. The third-order valence-electron chi connectivity index (χ3n) is 2.40. The highest BCUT2D eigenvalue weighted by atomic mass is 35.7. The minimum absolute atomic E-state index is 0.00988. The van der Waals surface area contributed by atoms with Crippen molar-refractivity contribution in [1.29, 1.82) is 0 Å². The smallest absolute Gasteiger partial charge is 0.261 e. The summed E-state index contributed by atoms with van der Waals surface area (Å²) in [6.07, 6.45) is 0. The van der Waals surface area contributed by atoms with E-state index >= 15 is 0 Å². The number of nitrogens with one attached hydrogen (secondary N) is 1. The summed E-state index contributed by atoms with van der Waals surface area (Å²) in [6.45, 7) is 2.00. The van der Waals surface area contributed by atoms with E-state index in [1.807, 2.05) is 0 Å². The third-order valence-corrected chi connectivity index (χ3v) is 5.39. The Labute approximate surface area is 129 Å². The quantitative estimate of drug-likeness (QED) is 0.786. The molecular weight excluding hydrogens is 345 g/mol. The average Bonchev–Trinajstić information content (AvgIpc) is 2.37. The molecule has 0 heterocycles. The number of halogens is 2. The Hall–Kier alpha value is -0.630. The van der Waals surface area contributed by atoms with Crippen molar-refractivity contribution in [3.63, 3.8) is 0 Å². The summed E-state index contributed by atoms with van der Waals surface area (Å²) < 4.78 is 33.6. The van der Waals surface area contributed by atoms with Crippen molar-refractivity contribution in [2.24, 2.45) is 0 Å². The van der Waals surface area contributed by atoms with Crippen LogP contribution in [0.2, 0.25) is 5.02 Å². The molecule has 0 spiro atoms. The number of benzene rings is 1. The number of rotatable bonds is 6. The largest absolute Gasteiger partial charge is 0.351 e. The maximum atomic E-state index is 11.9. The summed E-state index contributed by atoms with van der Waals surface area (Å²) in [5.41, 5.74) is 0.00988. The molecule has 9 heteroatoms. The van der Waals surface area contributed by atoms with Gasteiger partial charge in [0.1, 0.15) is 0 Å². The van der Waals surface area contributed by atoms with Crippen molar-refractivity contribution in [2.75, 3.05) is 18.1 Å². The molecule has 1 N–H and O–H groups in total. The first-order valence-electron chi connectivity index (χ1n) is 5.63. The second-order valence-corrected chi connectivity index (χ2v) is 8.61. The van der Waals surface area contributed by atoms with Crippen LogP contribution in [-0.2, 0) is 19.9 Å². The lowest BCUT2D eigenvalue weighted by Crippen LogP contribution is -2.28. The fourth-order valence-electron chi connectivity index (χ4n) is 1.35. The number of carbonyl (C=O) groups excluding carboxylic acids is 1. The highest BCUT2D eigenvalue weighted by Gasteiger charge is 2.16. The molecule has 20 heavy (non-hydrogen) atoms. The monoisotopic (exact) mass is 357 g/mol. The summed E-state index contributed by atoms with van der Waals surface area (Å²) in [5, 5.41) is 2.64. The molecule has 1 rings (SSSR count). The van der Waals surface area contributed by atoms with Crippen LogP contribution in [0.25, 0.3) is 0 Å². The van der Waals surface area contributed by atoms with Crippen LogP contribution in [0.1, 0.15) is 17.3 Å². The summed E-state index contributed by atoms with van der Waals surface area (Å²) in [5.74, 6) is 0.300. The molecule has 0 saturated heterocycles. The van der Waals surface area contributed by atoms with Crippen molar-refractivity contribution < 1.29 is 17.4 Å². The minimum Gasteiger partial charge on any atom is -0.351 e. The van der Waals surface area contributed by atoms with E-state index in [-0.39, 0.29) is 22.0 Å². The van der Waals surface area contributed by atoms with Gasteiger partial charge in [0.25, 0.3) is 15.0 Å². The zero-order chi connectivity index (χ0) is 15.3. The van der Waals surface area contributed by atoms with Crippen LogP contribution < -0.4 is 5.32 Å². The normalized spacial score (nSPS) is 12.9. The standard InChI is InChI=1S/C11H13Cl2NO4S2/c1-2-19(16)6-5-14-11(15)9-7-8(20(13,17)18)3-4-10(9)12/h3-4,7H,2,5-6H2,1H3,(H,14,15). The molecule has 1 aromatic carbocycles. The molecule has 0 aliphatic heterocycles. The summed E-state index contributed by atoms with van der Waals surface area (Å²) in [4.78, 5) is 11.7. The third kappa shape index (κ3) is 5.05. The molecule has 0 aliphatic carbocycles. The maximum Gasteiger partial charge on any atom is 0.261 e. The van der Waals surface area contributed by atoms with Crippen molar-refractivity contribution >= 4 is 48.0 Å². The molecule has 1 unspecified atom stereocenters. The van der Waals surface area contributed by atoms with E-state index in [0.717, 1.165) is 6.07 Å². The van der Waals surface area contributed by atoms with Crippen molar-refractivity contribution in [2.45, 2.75) is 11.8 Å². The molecule has 0 fully saturated rings. The highest BCUT2D eigenvalue weighted by molar-refractivity contribution is 8.13. The van der Waals surface area contributed by atoms with Gasteiger partial charge in [-0.25, -0.2) is 8.42 Å². The Morgan fingerprint density at radius 3 is 2.60 bits per heavy atom. The lowest BCUT2D eigenvalue weighted by molar-refractivity contribution is 0.0956. The Balaban J connectivity index is 2.85. The second-order valence-electron chi connectivity index (χ2n) is 3.77. The maximum absolute atomic E-state index is 11.9. The van der Waals surface area contributed by atoms with Gasteiger partial charge in [-0.1, -0.05) is 18.5 Å². The Bertz CT molecular complexity index is 631. The van der Waals surface area contributed by atoms with Gasteiger partial charge in [-0.15, -0.1) is 0 Å². The van der Waals surface area contributed by atoms with Crippen LogP contribution in [0, 0.1) is 0 Å². The van der Waals surface area contributed by atoms with Crippen LogP contribution in [-0.4, -0.2) is 36.6 Å². The average molecular weight is 358 g/mol. The molecule has 1 aromatic rings. The lowest BCUT2D eigenvalue weighted by atomic mass is 10.2. The van der Waals surface area contributed by atoms with Crippen LogP contribution in [0.4, 0.5) is 0 Å². The van der Waals surface area contributed by atoms with Gasteiger partial charge in [-0.2, -0.15) is 0 Å². The second kappa shape index (κ2) is 7.40. The first kappa shape index (κ1) is 17.4. The predicted molar refractivity (Wildman–Crippen MR) is 80.4 cm³/mol. The highest BCUT2D eigenvalue weighted by Crippen LogP contribution is 2.22. The molecule has 1 atom stereocenters. The minimum atomic E-state index is -3.93. The van der Waals surface area contributed by atoms with Crippen molar-refractivity contribution in [3.8, 4) is 0 Å². The fraction of sp³-hybridized carbons (Fsp3) is 0.364. The van der Waals surface area contributed by atoms with Crippen LogP contribution in [0.3, 0.4) is 0 Å². The van der Waals surface area contributed by atoms with Crippen molar-refractivity contribution in [1.82, 2.24) is 5.32 Å². The van der Waals surface area contributed by atoms with Gasteiger partial charge in [-0.05, 0) is 18.2 Å². The van der Waals surface area contributed by atoms with Gasteiger partial charge in [0, 0.05) is 39.5 Å². The van der Waals surface area contributed by atoms with Crippen molar-refractivity contribution in [3.05, 3.63) is 28.8 Å². The molecule has 0 radical (unpaired) electrons. The number of carbonyl (C=O) groups is 1. The van der Waals surface area contributed by atoms with E-state index < -0.39 is 25.8 Å². The van der Waals surface area contributed by atoms with Crippen LogP contribution >= 0.6 is 22.3 Å². The summed E-state index contributed by atoms with van der Waals surface area (Å²) in [7, 11) is 0.293. The predicted octanol–water partition coefficient (Wildman–Crippen LogP) is 1.77. The molecule has 112 valence electrons. The van der Waals surface area contributed by atoms with E-state index in [0.29, 0.717) is 11.5 Å². The topological polar surface area (TPSA) is 80.3 Å². The lowest BCUT2D eigenvalue weighted by Gasteiger charge is -2.07. The van der Waals surface area contributed by atoms with Crippen LogP contribution in [0.5, 0.6) is 0 Å². The summed E-state index contributed by atoms with van der Waals surface area (Å²) >= 11 is 5.85.